The van der Waals surface area contributed by atoms with Crippen LogP contribution in [0.2, 0.25) is 5.02 Å². The van der Waals surface area contributed by atoms with Crippen molar-refractivity contribution >= 4 is 29.2 Å². The van der Waals surface area contributed by atoms with Crippen LogP contribution in [0.15, 0.2) is 29.6 Å². The average molecular weight is 294 g/mol. The maximum Gasteiger partial charge on any atom is 0.256 e. The van der Waals surface area contributed by atoms with Crippen LogP contribution in [-0.4, -0.2) is 27.1 Å². The normalized spacial score (nSPS) is 11.4. The van der Waals surface area contributed by atoms with E-state index in [1.165, 1.54) is 6.20 Å². The molecule has 0 fully saturated rings. The molecule has 0 aliphatic heterocycles. The molecule has 8 heteroatoms. The van der Waals surface area contributed by atoms with Gasteiger partial charge in [0.05, 0.1) is 11.8 Å². The first-order chi connectivity index (χ1) is 9.51. The molecule has 1 aromatic heterocycles. The standard InChI is InChI=1S/C12H12ClN5O2/c1-6-2-7(4-8(13)3-6)12(19)16-11-9(5-15-17-11)10(14)18-20/h2-5,20H,1H3,(H2,14,18)(H2,15,16,17,19). The number of carbonyl (C=O) groups is 1. The molecule has 0 saturated heterocycles. The molecule has 0 radical (unpaired) electrons. The fourth-order valence-corrected chi connectivity index (χ4v) is 1.97. The third kappa shape index (κ3) is 2.89. The number of hydrogen-bond acceptors (Lipinski definition) is 4. The highest BCUT2D eigenvalue weighted by atomic mass is 35.5. The molecular weight excluding hydrogens is 282 g/mol. The fraction of sp³-hybridized carbons (Fsp3) is 0.0833. The second kappa shape index (κ2) is 5.62. The largest absolute Gasteiger partial charge is 0.409 e. The van der Waals surface area contributed by atoms with Crippen molar-refractivity contribution < 1.29 is 10.0 Å². The third-order valence-corrected chi connectivity index (χ3v) is 2.78. The summed E-state index contributed by atoms with van der Waals surface area (Å²) < 4.78 is 0. The van der Waals surface area contributed by atoms with Crippen molar-refractivity contribution in [2.45, 2.75) is 6.92 Å². The Kier molecular flexibility index (Phi) is 3.90. The van der Waals surface area contributed by atoms with Crippen LogP contribution in [0.25, 0.3) is 0 Å². The van der Waals surface area contributed by atoms with Gasteiger partial charge in [-0.2, -0.15) is 5.10 Å². The van der Waals surface area contributed by atoms with E-state index in [9.17, 15) is 4.79 Å². The predicted molar refractivity (Wildman–Crippen MR) is 75.2 cm³/mol. The topological polar surface area (TPSA) is 116 Å². The summed E-state index contributed by atoms with van der Waals surface area (Å²) in [5.74, 6) is -0.300. The molecule has 2 rings (SSSR count). The average Bonchev–Trinajstić information content (AvgIpc) is 2.84. The van der Waals surface area contributed by atoms with Crippen molar-refractivity contribution in [2.24, 2.45) is 10.9 Å². The number of rotatable bonds is 3. The zero-order valence-electron chi connectivity index (χ0n) is 10.5. The number of nitrogens with zero attached hydrogens (tertiary/aromatic N) is 2. The lowest BCUT2D eigenvalue weighted by Crippen LogP contribution is -2.18. The quantitative estimate of drug-likeness (QED) is 0.298. The monoisotopic (exact) mass is 293 g/mol. The molecule has 5 N–H and O–H groups in total. The first-order valence-electron chi connectivity index (χ1n) is 5.61. The Morgan fingerprint density at radius 3 is 2.90 bits per heavy atom. The molecule has 0 saturated carbocycles. The minimum absolute atomic E-state index is 0.156. The second-order valence-electron chi connectivity index (χ2n) is 4.12. The predicted octanol–water partition coefficient (Wildman–Crippen LogP) is 1.72. The van der Waals surface area contributed by atoms with Crippen LogP contribution < -0.4 is 11.1 Å². The van der Waals surface area contributed by atoms with Crippen LogP contribution in [0.1, 0.15) is 21.5 Å². The molecular formula is C12H12ClN5O2. The number of amidine groups is 1. The van der Waals surface area contributed by atoms with E-state index in [2.05, 4.69) is 20.7 Å². The first kappa shape index (κ1) is 13.9. The van der Waals surface area contributed by atoms with Gasteiger partial charge in [0.2, 0.25) is 0 Å². The van der Waals surface area contributed by atoms with E-state index in [1.807, 2.05) is 6.92 Å². The Morgan fingerprint density at radius 1 is 1.50 bits per heavy atom. The van der Waals surface area contributed by atoms with E-state index in [0.717, 1.165) is 5.56 Å². The number of aromatic amines is 1. The number of benzene rings is 1. The molecule has 0 aliphatic carbocycles. The molecule has 104 valence electrons. The smallest absolute Gasteiger partial charge is 0.256 e. The summed E-state index contributed by atoms with van der Waals surface area (Å²) >= 11 is 5.91. The molecule has 0 bridgehead atoms. The van der Waals surface area contributed by atoms with Crippen LogP contribution in [0.3, 0.4) is 0 Å². The van der Waals surface area contributed by atoms with Crippen LogP contribution in [0.4, 0.5) is 5.82 Å². The molecule has 20 heavy (non-hydrogen) atoms. The van der Waals surface area contributed by atoms with Gasteiger partial charge in [-0.3, -0.25) is 9.89 Å². The molecule has 0 spiro atoms. The number of nitrogens with two attached hydrogens (primary N) is 1. The Bertz CT molecular complexity index is 660. The number of oxime groups is 1. The summed E-state index contributed by atoms with van der Waals surface area (Å²) in [5.41, 5.74) is 7.02. The van der Waals surface area contributed by atoms with Crippen molar-refractivity contribution in [3.05, 3.63) is 46.1 Å². The van der Waals surface area contributed by atoms with Crippen molar-refractivity contribution in [3.63, 3.8) is 0 Å². The van der Waals surface area contributed by atoms with E-state index in [0.29, 0.717) is 16.1 Å². The van der Waals surface area contributed by atoms with E-state index in [4.69, 9.17) is 22.5 Å². The highest BCUT2D eigenvalue weighted by Crippen LogP contribution is 2.17. The summed E-state index contributed by atoms with van der Waals surface area (Å²) in [6, 6.07) is 4.99. The van der Waals surface area contributed by atoms with E-state index in [-0.39, 0.29) is 17.6 Å². The van der Waals surface area contributed by atoms with Crippen molar-refractivity contribution in [2.75, 3.05) is 5.32 Å². The molecule has 1 amide bonds. The number of aryl methyl sites for hydroxylation is 1. The summed E-state index contributed by atoms with van der Waals surface area (Å²) in [4.78, 5) is 12.1. The van der Waals surface area contributed by atoms with Gasteiger partial charge in [-0.15, -0.1) is 0 Å². The molecule has 0 unspecified atom stereocenters. The second-order valence-corrected chi connectivity index (χ2v) is 4.55. The SMILES string of the molecule is Cc1cc(Cl)cc(C(=O)Nc2[nH]ncc2/C(N)=N/O)c1. The number of carbonyl (C=O) groups excluding carboxylic acids is 1. The molecule has 0 aliphatic rings. The zero-order chi connectivity index (χ0) is 14.7. The Balaban J connectivity index is 2.26. The third-order valence-electron chi connectivity index (χ3n) is 2.57. The first-order valence-corrected chi connectivity index (χ1v) is 5.99. The van der Waals surface area contributed by atoms with Gasteiger partial charge in [0.25, 0.3) is 5.91 Å². The number of H-pyrrole nitrogens is 1. The van der Waals surface area contributed by atoms with Crippen LogP contribution in [-0.2, 0) is 0 Å². The highest BCUT2D eigenvalue weighted by Gasteiger charge is 2.14. The van der Waals surface area contributed by atoms with Crippen molar-refractivity contribution in [3.8, 4) is 0 Å². The summed E-state index contributed by atoms with van der Waals surface area (Å²) in [5, 5.41) is 20.9. The van der Waals surface area contributed by atoms with Crippen molar-refractivity contribution in [1.82, 2.24) is 10.2 Å². The maximum atomic E-state index is 12.1. The number of anilines is 1. The van der Waals surface area contributed by atoms with E-state index >= 15 is 0 Å². The number of aromatic nitrogens is 2. The van der Waals surface area contributed by atoms with Gasteiger partial charge in [-0.05, 0) is 30.7 Å². The number of hydrogen-bond donors (Lipinski definition) is 4. The van der Waals surface area contributed by atoms with Crippen LogP contribution in [0, 0.1) is 6.92 Å². The van der Waals surface area contributed by atoms with Gasteiger partial charge in [-0.1, -0.05) is 16.8 Å². The van der Waals surface area contributed by atoms with Gasteiger partial charge in [-0.25, -0.2) is 0 Å². The molecule has 2 aromatic rings. The lowest BCUT2D eigenvalue weighted by atomic mass is 10.1. The number of halogens is 1. The molecule has 0 atom stereocenters. The van der Waals surface area contributed by atoms with Crippen LogP contribution in [0.5, 0.6) is 0 Å². The number of nitrogens with one attached hydrogen (secondary N) is 2. The van der Waals surface area contributed by atoms with Crippen molar-refractivity contribution in [1.29, 1.82) is 0 Å². The van der Waals surface area contributed by atoms with Gasteiger partial charge in [0.1, 0.15) is 5.82 Å². The van der Waals surface area contributed by atoms with Gasteiger partial charge < -0.3 is 16.3 Å². The summed E-state index contributed by atoms with van der Waals surface area (Å²) in [6.07, 6.45) is 1.34. The Hall–Kier alpha value is -2.54. The molecule has 1 aromatic carbocycles. The van der Waals surface area contributed by atoms with Gasteiger partial charge in [0, 0.05) is 10.6 Å². The zero-order valence-corrected chi connectivity index (χ0v) is 11.3. The van der Waals surface area contributed by atoms with Gasteiger partial charge in [0.15, 0.2) is 5.84 Å². The summed E-state index contributed by atoms with van der Waals surface area (Å²) in [6.45, 7) is 1.83. The lowest BCUT2D eigenvalue weighted by molar-refractivity contribution is 0.102. The van der Waals surface area contributed by atoms with E-state index in [1.54, 1.807) is 18.2 Å². The maximum absolute atomic E-state index is 12.1. The molecule has 1 heterocycles. The molecule has 7 nitrogen and oxygen atoms in total. The van der Waals surface area contributed by atoms with Gasteiger partial charge >= 0.3 is 0 Å². The Labute approximate surface area is 119 Å². The lowest BCUT2D eigenvalue weighted by Gasteiger charge is -2.06. The number of amides is 1. The highest BCUT2D eigenvalue weighted by molar-refractivity contribution is 6.31. The van der Waals surface area contributed by atoms with E-state index < -0.39 is 0 Å². The Morgan fingerprint density at radius 2 is 2.25 bits per heavy atom. The minimum Gasteiger partial charge on any atom is -0.409 e. The summed E-state index contributed by atoms with van der Waals surface area (Å²) in [7, 11) is 0. The minimum atomic E-state index is -0.383. The van der Waals surface area contributed by atoms with Crippen LogP contribution >= 0.6 is 11.6 Å². The fourth-order valence-electron chi connectivity index (χ4n) is 1.68.